The van der Waals surface area contributed by atoms with Gasteiger partial charge in [0.05, 0.1) is 23.3 Å². The fourth-order valence-electron chi connectivity index (χ4n) is 2.04. The Balaban J connectivity index is 2.39. The van der Waals surface area contributed by atoms with E-state index in [9.17, 15) is 9.90 Å². The maximum absolute atomic E-state index is 12.0. The smallest absolute Gasteiger partial charge is 0.412 e. The van der Waals surface area contributed by atoms with Crippen LogP contribution in [-0.2, 0) is 11.8 Å². The van der Waals surface area contributed by atoms with E-state index in [2.05, 4.69) is 10.4 Å². The van der Waals surface area contributed by atoms with Gasteiger partial charge in [0.1, 0.15) is 11.4 Å². The van der Waals surface area contributed by atoms with Gasteiger partial charge in [-0.2, -0.15) is 5.10 Å². The van der Waals surface area contributed by atoms with E-state index in [4.69, 9.17) is 10.5 Å². The van der Waals surface area contributed by atoms with Gasteiger partial charge in [0, 0.05) is 12.6 Å². The molecule has 2 aromatic rings. The van der Waals surface area contributed by atoms with Crippen LogP contribution in [0.4, 0.5) is 16.2 Å². The SMILES string of the molecule is Cn1ncc(N)c1-c1cc(O)ccc1NC(=O)OC(C)(C)C. The summed E-state index contributed by atoms with van der Waals surface area (Å²) in [5.74, 6) is 0.0605. The van der Waals surface area contributed by atoms with E-state index in [0.717, 1.165) is 0 Å². The zero-order valence-corrected chi connectivity index (χ0v) is 13.0. The van der Waals surface area contributed by atoms with Crippen LogP contribution in [0.25, 0.3) is 11.3 Å². The first-order valence-electron chi connectivity index (χ1n) is 6.78. The Morgan fingerprint density at radius 1 is 1.41 bits per heavy atom. The summed E-state index contributed by atoms with van der Waals surface area (Å²) in [6, 6.07) is 4.57. The standard InChI is InChI=1S/C15H20N4O3/c1-15(2,3)22-14(21)18-12-6-5-9(20)7-10(12)13-11(16)8-17-19(13)4/h5-8,20H,16H2,1-4H3,(H,18,21). The van der Waals surface area contributed by atoms with E-state index < -0.39 is 11.7 Å². The summed E-state index contributed by atoms with van der Waals surface area (Å²) in [5.41, 5.74) is 7.39. The van der Waals surface area contributed by atoms with Crippen molar-refractivity contribution < 1.29 is 14.6 Å². The molecule has 2 rings (SSSR count). The first kappa shape index (κ1) is 15.7. The number of nitrogens with one attached hydrogen (secondary N) is 1. The Bertz CT molecular complexity index is 682. The summed E-state index contributed by atoms with van der Waals surface area (Å²) in [6.45, 7) is 5.34. The largest absolute Gasteiger partial charge is 0.508 e. The van der Waals surface area contributed by atoms with Crippen LogP contribution in [0.2, 0.25) is 0 Å². The van der Waals surface area contributed by atoms with Crippen LogP contribution < -0.4 is 11.1 Å². The molecule has 7 heteroatoms. The number of amides is 1. The number of carbonyl (C=O) groups is 1. The molecule has 0 aliphatic carbocycles. The van der Waals surface area contributed by atoms with Crippen molar-refractivity contribution in [1.82, 2.24) is 9.78 Å². The number of carbonyl (C=O) groups excluding carboxylic acids is 1. The van der Waals surface area contributed by atoms with E-state index in [1.54, 1.807) is 38.6 Å². The maximum Gasteiger partial charge on any atom is 0.412 e. The minimum Gasteiger partial charge on any atom is -0.508 e. The number of aryl methyl sites for hydroxylation is 1. The van der Waals surface area contributed by atoms with Crippen molar-refractivity contribution in [1.29, 1.82) is 0 Å². The Morgan fingerprint density at radius 2 is 2.09 bits per heavy atom. The second-order valence-electron chi connectivity index (χ2n) is 5.93. The van der Waals surface area contributed by atoms with Crippen molar-refractivity contribution in [3.05, 3.63) is 24.4 Å². The van der Waals surface area contributed by atoms with Crippen LogP contribution in [0.5, 0.6) is 5.75 Å². The normalized spacial score (nSPS) is 11.3. The number of rotatable bonds is 2. The average molecular weight is 304 g/mol. The number of phenolic OH excluding ortho intramolecular Hbond substituents is 1. The minimum absolute atomic E-state index is 0.0605. The lowest BCUT2D eigenvalue weighted by Gasteiger charge is -2.20. The van der Waals surface area contributed by atoms with Gasteiger partial charge in [-0.3, -0.25) is 10.00 Å². The van der Waals surface area contributed by atoms with Gasteiger partial charge in [-0.25, -0.2) is 4.79 Å². The van der Waals surface area contributed by atoms with Crippen molar-refractivity contribution >= 4 is 17.5 Å². The molecule has 0 spiro atoms. The summed E-state index contributed by atoms with van der Waals surface area (Å²) in [5, 5.41) is 16.5. The summed E-state index contributed by atoms with van der Waals surface area (Å²) >= 11 is 0. The Morgan fingerprint density at radius 3 is 2.64 bits per heavy atom. The van der Waals surface area contributed by atoms with Gasteiger partial charge in [0.25, 0.3) is 0 Å². The molecule has 1 aromatic heterocycles. The fraction of sp³-hybridized carbons (Fsp3) is 0.333. The predicted octanol–water partition coefficient (Wildman–Crippen LogP) is 2.72. The molecule has 0 bridgehead atoms. The summed E-state index contributed by atoms with van der Waals surface area (Å²) in [4.78, 5) is 12.0. The maximum atomic E-state index is 12.0. The zero-order chi connectivity index (χ0) is 16.5. The van der Waals surface area contributed by atoms with Gasteiger partial charge in [0.15, 0.2) is 0 Å². The van der Waals surface area contributed by atoms with Crippen molar-refractivity contribution in [2.75, 3.05) is 11.1 Å². The Kier molecular flexibility index (Phi) is 3.99. The van der Waals surface area contributed by atoms with Crippen LogP contribution in [0.3, 0.4) is 0 Å². The lowest BCUT2D eigenvalue weighted by atomic mass is 10.1. The van der Waals surface area contributed by atoms with Crippen molar-refractivity contribution in [3.8, 4) is 17.0 Å². The van der Waals surface area contributed by atoms with Crippen molar-refractivity contribution in [3.63, 3.8) is 0 Å². The topological polar surface area (TPSA) is 102 Å². The zero-order valence-electron chi connectivity index (χ0n) is 13.0. The molecule has 0 saturated carbocycles. The number of nitrogens with zero attached hydrogens (tertiary/aromatic N) is 2. The lowest BCUT2D eigenvalue weighted by Crippen LogP contribution is -2.27. The van der Waals surface area contributed by atoms with Gasteiger partial charge in [-0.1, -0.05) is 0 Å². The number of aromatic nitrogens is 2. The Labute approximate surface area is 128 Å². The van der Waals surface area contributed by atoms with Crippen molar-refractivity contribution in [2.24, 2.45) is 7.05 Å². The van der Waals surface area contributed by atoms with Crippen molar-refractivity contribution in [2.45, 2.75) is 26.4 Å². The van der Waals surface area contributed by atoms with Gasteiger partial charge in [-0.05, 0) is 39.0 Å². The molecule has 1 amide bonds. The second-order valence-corrected chi connectivity index (χ2v) is 5.93. The van der Waals surface area contributed by atoms with Crippen LogP contribution in [-0.4, -0.2) is 26.6 Å². The molecule has 0 atom stereocenters. The predicted molar refractivity (Wildman–Crippen MR) is 84.6 cm³/mol. The molecule has 4 N–H and O–H groups in total. The number of hydrogen-bond acceptors (Lipinski definition) is 5. The third kappa shape index (κ3) is 3.49. The first-order chi connectivity index (χ1) is 10.2. The third-order valence-electron chi connectivity index (χ3n) is 2.86. The lowest BCUT2D eigenvalue weighted by molar-refractivity contribution is 0.0636. The fourth-order valence-corrected chi connectivity index (χ4v) is 2.04. The molecule has 0 aliphatic rings. The molecule has 0 fully saturated rings. The number of anilines is 2. The quantitative estimate of drug-likeness (QED) is 0.740. The number of aromatic hydroxyl groups is 1. The second kappa shape index (κ2) is 5.59. The molecule has 0 aliphatic heterocycles. The van der Waals surface area contributed by atoms with Crippen LogP contribution >= 0.6 is 0 Å². The molecule has 0 saturated heterocycles. The van der Waals surface area contributed by atoms with E-state index in [1.165, 1.54) is 18.3 Å². The van der Waals surface area contributed by atoms with E-state index in [1.807, 2.05) is 0 Å². The summed E-state index contributed by atoms with van der Waals surface area (Å²) < 4.78 is 6.81. The average Bonchev–Trinajstić information content (AvgIpc) is 2.69. The molecular weight excluding hydrogens is 284 g/mol. The Hall–Kier alpha value is -2.70. The number of phenols is 1. The first-order valence-corrected chi connectivity index (χ1v) is 6.78. The van der Waals surface area contributed by atoms with Crippen LogP contribution in [0.1, 0.15) is 20.8 Å². The molecule has 1 heterocycles. The summed E-state index contributed by atoms with van der Waals surface area (Å²) in [7, 11) is 1.73. The number of nitrogen functional groups attached to an aromatic ring is 1. The van der Waals surface area contributed by atoms with Gasteiger partial charge >= 0.3 is 6.09 Å². The highest BCUT2D eigenvalue weighted by Crippen LogP contribution is 2.34. The summed E-state index contributed by atoms with van der Waals surface area (Å²) in [6.07, 6.45) is 0.927. The number of hydrogen-bond donors (Lipinski definition) is 3. The molecule has 1 aromatic carbocycles. The highest BCUT2D eigenvalue weighted by Gasteiger charge is 2.19. The number of benzene rings is 1. The molecule has 118 valence electrons. The molecule has 0 unspecified atom stereocenters. The number of ether oxygens (including phenoxy) is 1. The van der Waals surface area contributed by atoms with E-state index in [0.29, 0.717) is 22.6 Å². The van der Waals surface area contributed by atoms with E-state index >= 15 is 0 Å². The highest BCUT2D eigenvalue weighted by molar-refractivity contribution is 5.93. The molecule has 0 radical (unpaired) electrons. The van der Waals surface area contributed by atoms with E-state index in [-0.39, 0.29) is 5.75 Å². The van der Waals surface area contributed by atoms with Crippen LogP contribution in [0, 0.1) is 0 Å². The highest BCUT2D eigenvalue weighted by atomic mass is 16.6. The monoisotopic (exact) mass is 304 g/mol. The molecule has 22 heavy (non-hydrogen) atoms. The number of nitrogens with two attached hydrogens (primary N) is 1. The van der Waals surface area contributed by atoms with Gasteiger partial charge in [0.2, 0.25) is 0 Å². The molecule has 7 nitrogen and oxygen atoms in total. The minimum atomic E-state index is -0.604. The van der Waals surface area contributed by atoms with Crippen LogP contribution in [0.15, 0.2) is 24.4 Å². The third-order valence-corrected chi connectivity index (χ3v) is 2.86. The van der Waals surface area contributed by atoms with Gasteiger partial charge < -0.3 is 15.6 Å². The molecular formula is C15H20N4O3. The van der Waals surface area contributed by atoms with Gasteiger partial charge in [-0.15, -0.1) is 0 Å².